The average molecular weight is 255 g/mol. The molecule has 98 valence electrons. The van der Waals surface area contributed by atoms with Gasteiger partial charge in [0.15, 0.2) is 0 Å². The van der Waals surface area contributed by atoms with Crippen LogP contribution in [0.2, 0.25) is 0 Å². The second-order valence-electron chi connectivity index (χ2n) is 4.76. The summed E-state index contributed by atoms with van der Waals surface area (Å²) >= 11 is 0. The van der Waals surface area contributed by atoms with Crippen molar-refractivity contribution in [2.45, 2.75) is 33.7 Å². The van der Waals surface area contributed by atoms with E-state index in [0.717, 1.165) is 41.3 Å². The molecule has 0 radical (unpaired) electrons. The number of rotatable bonds is 3. The molecule has 0 atom stereocenters. The maximum absolute atomic E-state index is 5.25. The molecule has 4 nitrogen and oxygen atoms in total. The SMILES string of the molecule is CCc1nc2ccccc2n1Cc1c(C)noc1C. The smallest absolute Gasteiger partial charge is 0.138 e. The van der Waals surface area contributed by atoms with Crippen LogP contribution in [0.4, 0.5) is 0 Å². The van der Waals surface area contributed by atoms with Gasteiger partial charge in [-0.2, -0.15) is 0 Å². The van der Waals surface area contributed by atoms with E-state index in [0.29, 0.717) is 0 Å². The van der Waals surface area contributed by atoms with Crippen molar-refractivity contribution in [2.75, 3.05) is 0 Å². The quantitative estimate of drug-likeness (QED) is 0.721. The molecule has 0 aliphatic heterocycles. The van der Waals surface area contributed by atoms with Gasteiger partial charge in [-0.05, 0) is 26.0 Å². The molecule has 4 heteroatoms. The number of nitrogens with zero attached hydrogens (tertiary/aromatic N) is 3. The number of para-hydroxylation sites is 2. The number of hydrogen-bond acceptors (Lipinski definition) is 3. The Morgan fingerprint density at radius 1 is 1.21 bits per heavy atom. The Bertz CT molecular complexity index is 705. The largest absolute Gasteiger partial charge is 0.361 e. The summed E-state index contributed by atoms with van der Waals surface area (Å²) in [5.41, 5.74) is 4.32. The molecule has 0 saturated heterocycles. The number of benzene rings is 1. The first-order chi connectivity index (χ1) is 9.20. The van der Waals surface area contributed by atoms with E-state index in [4.69, 9.17) is 4.52 Å². The van der Waals surface area contributed by atoms with Gasteiger partial charge in [0.1, 0.15) is 11.6 Å². The first-order valence-electron chi connectivity index (χ1n) is 6.56. The van der Waals surface area contributed by atoms with Crippen LogP contribution in [-0.2, 0) is 13.0 Å². The van der Waals surface area contributed by atoms with Gasteiger partial charge in [-0.1, -0.05) is 24.2 Å². The van der Waals surface area contributed by atoms with Gasteiger partial charge in [0.05, 0.1) is 23.3 Å². The molecule has 3 aromatic rings. The first kappa shape index (κ1) is 12.0. The van der Waals surface area contributed by atoms with Crippen LogP contribution in [0.5, 0.6) is 0 Å². The fourth-order valence-electron chi connectivity index (χ4n) is 2.46. The lowest BCUT2D eigenvalue weighted by Gasteiger charge is -2.07. The number of imidazole rings is 1. The topological polar surface area (TPSA) is 43.9 Å². The lowest BCUT2D eigenvalue weighted by Crippen LogP contribution is -2.05. The second kappa shape index (κ2) is 4.53. The molecule has 0 bridgehead atoms. The van der Waals surface area contributed by atoms with Crippen molar-refractivity contribution in [1.29, 1.82) is 0 Å². The molecule has 0 fully saturated rings. The van der Waals surface area contributed by atoms with E-state index in [1.54, 1.807) is 0 Å². The Kier molecular flexibility index (Phi) is 2.85. The van der Waals surface area contributed by atoms with Crippen LogP contribution < -0.4 is 0 Å². The zero-order valence-corrected chi connectivity index (χ0v) is 11.5. The molecule has 1 aromatic carbocycles. The van der Waals surface area contributed by atoms with E-state index in [2.05, 4.69) is 33.8 Å². The number of hydrogen-bond donors (Lipinski definition) is 0. The Morgan fingerprint density at radius 3 is 2.68 bits per heavy atom. The average Bonchev–Trinajstić information content (AvgIpc) is 2.94. The molecule has 19 heavy (non-hydrogen) atoms. The summed E-state index contributed by atoms with van der Waals surface area (Å²) in [6.45, 7) is 6.84. The molecule has 0 saturated carbocycles. The summed E-state index contributed by atoms with van der Waals surface area (Å²) in [5.74, 6) is 1.98. The van der Waals surface area contributed by atoms with Crippen molar-refractivity contribution in [2.24, 2.45) is 0 Å². The molecular weight excluding hydrogens is 238 g/mol. The highest BCUT2D eigenvalue weighted by molar-refractivity contribution is 5.76. The van der Waals surface area contributed by atoms with E-state index < -0.39 is 0 Å². The normalized spacial score (nSPS) is 11.3. The molecule has 0 unspecified atom stereocenters. The van der Waals surface area contributed by atoms with Crippen molar-refractivity contribution in [3.8, 4) is 0 Å². The molecule has 0 amide bonds. The molecule has 2 aromatic heterocycles. The van der Waals surface area contributed by atoms with Crippen LogP contribution in [0.15, 0.2) is 28.8 Å². The minimum absolute atomic E-state index is 0.769. The third-order valence-corrected chi connectivity index (χ3v) is 3.55. The zero-order chi connectivity index (χ0) is 13.4. The Labute approximate surface area is 112 Å². The van der Waals surface area contributed by atoms with E-state index in [1.165, 1.54) is 5.52 Å². The van der Waals surface area contributed by atoms with Gasteiger partial charge in [-0.15, -0.1) is 0 Å². The van der Waals surface area contributed by atoms with Crippen molar-refractivity contribution >= 4 is 11.0 Å². The van der Waals surface area contributed by atoms with Gasteiger partial charge in [0, 0.05) is 12.0 Å². The summed E-state index contributed by atoms with van der Waals surface area (Å²) in [5, 5.41) is 4.02. The lowest BCUT2D eigenvalue weighted by atomic mass is 10.2. The minimum Gasteiger partial charge on any atom is -0.361 e. The van der Waals surface area contributed by atoms with Crippen LogP contribution in [0.3, 0.4) is 0 Å². The maximum atomic E-state index is 5.25. The van der Waals surface area contributed by atoms with Gasteiger partial charge < -0.3 is 9.09 Å². The van der Waals surface area contributed by atoms with Gasteiger partial charge in [0.25, 0.3) is 0 Å². The van der Waals surface area contributed by atoms with Gasteiger partial charge >= 0.3 is 0 Å². The molecule has 0 N–H and O–H groups in total. The van der Waals surface area contributed by atoms with Crippen molar-refractivity contribution in [3.63, 3.8) is 0 Å². The van der Waals surface area contributed by atoms with E-state index in [9.17, 15) is 0 Å². The maximum Gasteiger partial charge on any atom is 0.138 e. The monoisotopic (exact) mass is 255 g/mol. The third-order valence-electron chi connectivity index (χ3n) is 3.55. The molecule has 2 heterocycles. The molecule has 3 rings (SSSR count). The van der Waals surface area contributed by atoms with Crippen LogP contribution in [0, 0.1) is 13.8 Å². The van der Waals surface area contributed by atoms with Gasteiger partial charge in [-0.3, -0.25) is 0 Å². The Balaban J connectivity index is 2.14. The summed E-state index contributed by atoms with van der Waals surface area (Å²) in [4.78, 5) is 4.68. The number of aryl methyl sites for hydroxylation is 3. The minimum atomic E-state index is 0.769. The highest BCUT2D eigenvalue weighted by Gasteiger charge is 2.14. The van der Waals surface area contributed by atoms with Crippen LogP contribution >= 0.6 is 0 Å². The van der Waals surface area contributed by atoms with Crippen molar-refractivity contribution < 1.29 is 4.52 Å². The second-order valence-corrected chi connectivity index (χ2v) is 4.76. The van der Waals surface area contributed by atoms with Gasteiger partial charge in [-0.25, -0.2) is 4.98 Å². The lowest BCUT2D eigenvalue weighted by molar-refractivity contribution is 0.392. The fraction of sp³-hybridized carbons (Fsp3) is 0.333. The highest BCUT2D eigenvalue weighted by atomic mass is 16.5. The number of fused-ring (bicyclic) bond motifs is 1. The Morgan fingerprint density at radius 2 is 2.00 bits per heavy atom. The third kappa shape index (κ3) is 1.93. The summed E-state index contributed by atoms with van der Waals surface area (Å²) in [6, 6.07) is 8.24. The van der Waals surface area contributed by atoms with Gasteiger partial charge in [0.2, 0.25) is 0 Å². The zero-order valence-electron chi connectivity index (χ0n) is 11.5. The highest BCUT2D eigenvalue weighted by Crippen LogP contribution is 2.21. The molecule has 0 spiro atoms. The summed E-state index contributed by atoms with van der Waals surface area (Å²) in [6.07, 6.45) is 0.915. The van der Waals surface area contributed by atoms with Crippen LogP contribution in [0.1, 0.15) is 29.8 Å². The number of aromatic nitrogens is 3. The summed E-state index contributed by atoms with van der Waals surface area (Å²) in [7, 11) is 0. The van der Waals surface area contributed by atoms with E-state index in [1.807, 2.05) is 26.0 Å². The van der Waals surface area contributed by atoms with E-state index >= 15 is 0 Å². The molecular formula is C15H17N3O. The first-order valence-corrected chi connectivity index (χ1v) is 6.56. The van der Waals surface area contributed by atoms with Crippen LogP contribution in [0.25, 0.3) is 11.0 Å². The van der Waals surface area contributed by atoms with Crippen LogP contribution in [-0.4, -0.2) is 14.7 Å². The Hall–Kier alpha value is -2.10. The molecule has 0 aliphatic rings. The standard InChI is InChI=1S/C15H17N3O/c1-4-15-16-13-7-5-6-8-14(13)18(15)9-12-10(2)17-19-11(12)3/h5-8H,4,9H2,1-3H3. The van der Waals surface area contributed by atoms with Crippen molar-refractivity contribution in [1.82, 2.24) is 14.7 Å². The predicted octanol–water partition coefficient (Wildman–Crippen LogP) is 3.25. The fourth-order valence-corrected chi connectivity index (χ4v) is 2.46. The van der Waals surface area contributed by atoms with E-state index in [-0.39, 0.29) is 0 Å². The predicted molar refractivity (Wildman–Crippen MR) is 74.2 cm³/mol. The molecule has 0 aliphatic carbocycles. The summed E-state index contributed by atoms with van der Waals surface area (Å²) < 4.78 is 7.50. The van der Waals surface area contributed by atoms with Crippen molar-refractivity contribution in [3.05, 3.63) is 47.1 Å².